The van der Waals surface area contributed by atoms with E-state index in [4.69, 9.17) is 0 Å². The highest BCUT2D eigenvalue weighted by Crippen LogP contribution is 2.33. The molecule has 22 heavy (non-hydrogen) atoms. The van der Waals surface area contributed by atoms with E-state index in [1.165, 1.54) is 0 Å². The fourth-order valence-electron chi connectivity index (χ4n) is 3.90. The number of pyridine rings is 1. The minimum atomic E-state index is 0.158. The molecule has 1 aromatic heterocycles. The Morgan fingerprint density at radius 3 is 2.82 bits per heavy atom. The van der Waals surface area contributed by atoms with Crippen molar-refractivity contribution in [2.45, 2.75) is 57.3 Å². The number of aryl methyl sites for hydroxylation is 1. The summed E-state index contributed by atoms with van der Waals surface area (Å²) >= 11 is 0. The first-order chi connectivity index (χ1) is 10.7. The van der Waals surface area contributed by atoms with Crippen LogP contribution in [0.3, 0.4) is 0 Å². The molecule has 1 N–H and O–H groups in total. The van der Waals surface area contributed by atoms with Gasteiger partial charge in [-0.2, -0.15) is 0 Å². The van der Waals surface area contributed by atoms with E-state index in [1.807, 2.05) is 13.0 Å². The van der Waals surface area contributed by atoms with Crippen LogP contribution in [0.1, 0.15) is 37.1 Å². The van der Waals surface area contributed by atoms with E-state index >= 15 is 0 Å². The van der Waals surface area contributed by atoms with Gasteiger partial charge in [0.2, 0.25) is 0 Å². The molecule has 1 saturated carbocycles. The summed E-state index contributed by atoms with van der Waals surface area (Å²) < 4.78 is 0. The molecule has 2 aliphatic heterocycles. The van der Waals surface area contributed by atoms with Gasteiger partial charge >= 0.3 is 6.03 Å². The van der Waals surface area contributed by atoms with Crippen LogP contribution in [-0.4, -0.2) is 52.0 Å². The number of likely N-dealkylation sites (tertiary alicyclic amines) is 2. The summed E-state index contributed by atoms with van der Waals surface area (Å²) in [5.74, 6) is 0. The number of carbonyl (C=O) groups is 1. The number of fused-ring (bicyclic) bond motifs is 1. The number of carbonyl (C=O) groups excluding carboxylic acids is 1. The minimum absolute atomic E-state index is 0.158. The number of nitrogens with zero attached hydrogens (tertiary/aromatic N) is 3. The van der Waals surface area contributed by atoms with Crippen LogP contribution in [0, 0.1) is 6.92 Å². The molecule has 2 amide bonds. The van der Waals surface area contributed by atoms with Crippen molar-refractivity contribution in [1.82, 2.24) is 20.1 Å². The fraction of sp³-hybridized carbons (Fsp3) is 0.647. The summed E-state index contributed by atoms with van der Waals surface area (Å²) in [5, 5.41) is 3.14. The first kappa shape index (κ1) is 14.0. The standard InChI is InChI=1S/C17H24N4O/c1-12-3-2-4-14(18-12)11-20-9-7-16-15(20)8-10-21(16)17(22)19-13-5-6-13/h2-4,13,15-16H,5-11H2,1H3,(H,19,22)/t15-,16+/m1/s1. The number of rotatable bonds is 3. The van der Waals surface area contributed by atoms with Crippen LogP contribution in [0.4, 0.5) is 4.79 Å². The molecule has 0 bridgehead atoms. The molecule has 5 nitrogen and oxygen atoms in total. The highest BCUT2D eigenvalue weighted by atomic mass is 16.2. The smallest absolute Gasteiger partial charge is 0.317 e. The third-order valence-corrected chi connectivity index (χ3v) is 5.17. The predicted octanol–water partition coefficient (Wildman–Crippen LogP) is 1.91. The predicted molar refractivity (Wildman–Crippen MR) is 84.5 cm³/mol. The van der Waals surface area contributed by atoms with Crippen molar-refractivity contribution in [3.63, 3.8) is 0 Å². The van der Waals surface area contributed by atoms with Gasteiger partial charge in [0.15, 0.2) is 0 Å². The van der Waals surface area contributed by atoms with Gasteiger partial charge in [0.05, 0.1) is 11.7 Å². The highest BCUT2D eigenvalue weighted by molar-refractivity contribution is 5.75. The molecule has 3 heterocycles. The highest BCUT2D eigenvalue weighted by Gasteiger charge is 2.44. The van der Waals surface area contributed by atoms with Crippen LogP contribution < -0.4 is 5.32 Å². The lowest BCUT2D eigenvalue weighted by Gasteiger charge is -2.25. The Balaban J connectivity index is 1.40. The van der Waals surface area contributed by atoms with E-state index < -0.39 is 0 Å². The molecule has 0 radical (unpaired) electrons. The van der Waals surface area contributed by atoms with Gasteiger partial charge in [-0.15, -0.1) is 0 Å². The van der Waals surface area contributed by atoms with Crippen molar-refractivity contribution in [1.29, 1.82) is 0 Å². The van der Waals surface area contributed by atoms with Gasteiger partial charge in [0.25, 0.3) is 0 Å². The Kier molecular flexibility index (Phi) is 3.53. The molecule has 4 rings (SSSR count). The number of urea groups is 1. The van der Waals surface area contributed by atoms with Gasteiger partial charge in [-0.1, -0.05) is 6.07 Å². The number of hydrogen-bond acceptors (Lipinski definition) is 3. The molecule has 118 valence electrons. The fourth-order valence-corrected chi connectivity index (χ4v) is 3.90. The monoisotopic (exact) mass is 300 g/mol. The first-order valence-electron chi connectivity index (χ1n) is 8.44. The zero-order valence-corrected chi connectivity index (χ0v) is 13.2. The molecule has 2 saturated heterocycles. The van der Waals surface area contributed by atoms with Crippen molar-refractivity contribution in [2.75, 3.05) is 13.1 Å². The zero-order chi connectivity index (χ0) is 15.1. The van der Waals surface area contributed by atoms with E-state index in [0.29, 0.717) is 18.1 Å². The topological polar surface area (TPSA) is 48.5 Å². The summed E-state index contributed by atoms with van der Waals surface area (Å²) in [5.41, 5.74) is 2.21. The van der Waals surface area contributed by atoms with E-state index in [0.717, 1.165) is 56.7 Å². The van der Waals surface area contributed by atoms with E-state index in [2.05, 4.69) is 32.2 Å². The molecule has 2 atom stereocenters. The zero-order valence-electron chi connectivity index (χ0n) is 13.2. The number of amides is 2. The maximum absolute atomic E-state index is 12.3. The third kappa shape index (κ3) is 2.70. The summed E-state index contributed by atoms with van der Waals surface area (Å²) in [6.45, 7) is 4.90. The summed E-state index contributed by atoms with van der Waals surface area (Å²) in [6.07, 6.45) is 4.49. The van der Waals surface area contributed by atoms with E-state index in [1.54, 1.807) is 0 Å². The Morgan fingerprint density at radius 2 is 2.05 bits per heavy atom. The Bertz CT molecular complexity index is 572. The van der Waals surface area contributed by atoms with Gasteiger partial charge < -0.3 is 10.2 Å². The van der Waals surface area contributed by atoms with Crippen molar-refractivity contribution < 1.29 is 4.79 Å². The molecular weight excluding hydrogens is 276 g/mol. The quantitative estimate of drug-likeness (QED) is 0.927. The summed E-state index contributed by atoms with van der Waals surface area (Å²) in [6, 6.07) is 7.72. The van der Waals surface area contributed by atoms with Crippen LogP contribution in [-0.2, 0) is 6.54 Å². The molecule has 1 aromatic rings. The van der Waals surface area contributed by atoms with Crippen molar-refractivity contribution in [2.24, 2.45) is 0 Å². The second-order valence-electron chi connectivity index (χ2n) is 6.87. The van der Waals surface area contributed by atoms with Gasteiger partial charge in [-0.25, -0.2) is 4.79 Å². The molecule has 0 aromatic carbocycles. The maximum atomic E-state index is 12.3. The van der Waals surface area contributed by atoms with Crippen molar-refractivity contribution in [3.05, 3.63) is 29.6 Å². The summed E-state index contributed by atoms with van der Waals surface area (Å²) in [7, 11) is 0. The molecule has 3 aliphatic rings. The first-order valence-corrected chi connectivity index (χ1v) is 8.44. The van der Waals surface area contributed by atoms with Crippen LogP contribution in [0.2, 0.25) is 0 Å². The largest absolute Gasteiger partial charge is 0.335 e. The molecular formula is C17H24N4O. The van der Waals surface area contributed by atoms with Crippen LogP contribution in [0.5, 0.6) is 0 Å². The number of nitrogens with one attached hydrogen (secondary N) is 1. The second kappa shape index (κ2) is 5.54. The molecule has 5 heteroatoms. The second-order valence-corrected chi connectivity index (χ2v) is 6.87. The average Bonchev–Trinajstić information content (AvgIpc) is 3.07. The molecule has 1 aliphatic carbocycles. The maximum Gasteiger partial charge on any atom is 0.317 e. The van der Waals surface area contributed by atoms with Gasteiger partial charge in [0, 0.05) is 37.4 Å². The van der Waals surface area contributed by atoms with Crippen LogP contribution in [0.25, 0.3) is 0 Å². The van der Waals surface area contributed by atoms with Crippen LogP contribution >= 0.6 is 0 Å². The third-order valence-electron chi connectivity index (χ3n) is 5.17. The summed E-state index contributed by atoms with van der Waals surface area (Å²) in [4.78, 5) is 21.5. The number of hydrogen-bond donors (Lipinski definition) is 1. The van der Waals surface area contributed by atoms with E-state index in [-0.39, 0.29) is 6.03 Å². The lowest BCUT2D eigenvalue weighted by atomic mass is 10.1. The lowest BCUT2D eigenvalue weighted by molar-refractivity contribution is 0.186. The van der Waals surface area contributed by atoms with Crippen LogP contribution in [0.15, 0.2) is 18.2 Å². The average molecular weight is 300 g/mol. The molecule has 0 unspecified atom stereocenters. The molecule has 0 spiro atoms. The van der Waals surface area contributed by atoms with Gasteiger partial charge in [-0.05, 0) is 44.7 Å². The number of aromatic nitrogens is 1. The van der Waals surface area contributed by atoms with Gasteiger partial charge in [0.1, 0.15) is 0 Å². The van der Waals surface area contributed by atoms with Gasteiger partial charge in [-0.3, -0.25) is 9.88 Å². The Labute approximate surface area is 131 Å². The van der Waals surface area contributed by atoms with E-state index in [9.17, 15) is 4.79 Å². The van der Waals surface area contributed by atoms with Crippen molar-refractivity contribution in [3.8, 4) is 0 Å². The molecule has 3 fully saturated rings. The minimum Gasteiger partial charge on any atom is -0.335 e. The Hall–Kier alpha value is -1.62. The normalized spacial score (nSPS) is 28.0. The lowest BCUT2D eigenvalue weighted by Crippen LogP contribution is -2.45. The van der Waals surface area contributed by atoms with Crippen molar-refractivity contribution >= 4 is 6.03 Å². The Morgan fingerprint density at radius 1 is 1.23 bits per heavy atom. The SMILES string of the molecule is Cc1cccc(CN2CC[C@H]3[C@H]2CCN3C(=O)NC2CC2)n1.